The number of nitrogens with one attached hydrogen (secondary N) is 1. The van der Waals surface area contributed by atoms with Crippen molar-refractivity contribution >= 4 is 0 Å². The van der Waals surface area contributed by atoms with Crippen molar-refractivity contribution in [2.45, 2.75) is 45.8 Å². The molecule has 1 aromatic rings. The van der Waals surface area contributed by atoms with Crippen molar-refractivity contribution in [2.24, 2.45) is 0 Å². The lowest BCUT2D eigenvalue weighted by molar-refractivity contribution is 0.201. The van der Waals surface area contributed by atoms with E-state index in [1.54, 1.807) is 0 Å². The van der Waals surface area contributed by atoms with E-state index >= 15 is 0 Å². The minimum atomic E-state index is -0.663. The number of hydrogen-bond donors (Lipinski definition) is 1. The van der Waals surface area contributed by atoms with Gasteiger partial charge in [-0.05, 0) is 31.9 Å². The first-order chi connectivity index (χ1) is 8.56. The predicted octanol–water partition coefficient (Wildman–Crippen LogP) is 3.51. The van der Waals surface area contributed by atoms with Crippen LogP contribution in [0.3, 0.4) is 0 Å². The first-order valence-electron chi connectivity index (χ1n) is 6.41. The molecule has 0 saturated heterocycles. The molecule has 4 heteroatoms. The molecule has 0 spiro atoms. The molecule has 0 aromatic heterocycles. The van der Waals surface area contributed by atoms with E-state index in [0.29, 0.717) is 12.6 Å². The van der Waals surface area contributed by atoms with Gasteiger partial charge >= 0.3 is 0 Å². The van der Waals surface area contributed by atoms with Gasteiger partial charge in [0.15, 0.2) is 11.6 Å². The minimum absolute atomic E-state index is 0.0928. The van der Waals surface area contributed by atoms with Crippen molar-refractivity contribution in [1.29, 1.82) is 0 Å². The smallest absolute Gasteiger partial charge is 0.167 e. The average molecular weight is 257 g/mol. The van der Waals surface area contributed by atoms with Gasteiger partial charge in [-0.15, -0.1) is 0 Å². The second-order valence-electron chi connectivity index (χ2n) is 4.42. The number of halogens is 2. The molecular weight excluding hydrogens is 236 g/mol. The van der Waals surface area contributed by atoms with Gasteiger partial charge in [-0.3, -0.25) is 0 Å². The second-order valence-corrected chi connectivity index (χ2v) is 4.42. The third kappa shape index (κ3) is 4.61. The van der Waals surface area contributed by atoms with E-state index in [-0.39, 0.29) is 11.9 Å². The Labute approximate surface area is 107 Å². The monoisotopic (exact) mass is 257 g/mol. The molecule has 2 nitrogen and oxygen atoms in total. The lowest BCUT2D eigenvalue weighted by atomic mass is 10.1. The molecular formula is C14H21F2NO. The summed E-state index contributed by atoms with van der Waals surface area (Å²) in [5.41, 5.74) is 0. The van der Waals surface area contributed by atoms with Gasteiger partial charge in [0.1, 0.15) is 11.9 Å². The van der Waals surface area contributed by atoms with Gasteiger partial charge in [-0.2, -0.15) is 0 Å². The topological polar surface area (TPSA) is 21.3 Å². The lowest BCUT2D eigenvalue weighted by Crippen LogP contribution is -2.36. The number of rotatable bonds is 7. The first-order valence-corrected chi connectivity index (χ1v) is 6.41. The van der Waals surface area contributed by atoms with E-state index in [1.165, 1.54) is 12.1 Å². The molecule has 102 valence electrons. The third-order valence-electron chi connectivity index (χ3n) is 2.90. The highest BCUT2D eigenvalue weighted by atomic mass is 19.1. The summed E-state index contributed by atoms with van der Waals surface area (Å²) in [7, 11) is 0. The molecule has 18 heavy (non-hydrogen) atoms. The fourth-order valence-corrected chi connectivity index (χ4v) is 1.74. The Morgan fingerprint density at radius 2 is 1.89 bits per heavy atom. The summed E-state index contributed by atoms with van der Waals surface area (Å²) in [6, 6.07) is 3.79. The van der Waals surface area contributed by atoms with Crippen LogP contribution in [-0.2, 0) is 0 Å². The van der Waals surface area contributed by atoms with Crippen molar-refractivity contribution < 1.29 is 13.5 Å². The maximum atomic E-state index is 13.4. The Kier molecular flexibility index (Phi) is 6.05. The Morgan fingerprint density at radius 1 is 1.22 bits per heavy atom. The molecule has 0 saturated carbocycles. The normalized spacial score (nSPS) is 12.8. The van der Waals surface area contributed by atoms with Crippen LogP contribution < -0.4 is 10.1 Å². The van der Waals surface area contributed by atoms with Crippen LogP contribution in [0.4, 0.5) is 8.78 Å². The zero-order valence-corrected chi connectivity index (χ0v) is 11.2. The zero-order chi connectivity index (χ0) is 13.5. The van der Waals surface area contributed by atoms with Crippen LogP contribution in [0.25, 0.3) is 0 Å². The largest absolute Gasteiger partial charge is 0.486 e. The molecule has 0 bridgehead atoms. The molecule has 0 radical (unpaired) electrons. The Hall–Kier alpha value is -1.16. The Morgan fingerprint density at radius 3 is 2.44 bits per heavy atom. The second kappa shape index (κ2) is 7.31. The van der Waals surface area contributed by atoms with Crippen LogP contribution in [0.2, 0.25) is 0 Å². The van der Waals surface area contributed by atoms with Crippen LogP contribution in [-0.4, -0.2) is 18.7 Å². The van der Waals surface area contributed by atoms with Crippen LogP contribution >= 0.6 is 0 Å². The maximum Gasteiger partial charge on any atom is 0.167 e. The summed E-state index contributed by atoms with van der Waals surface area (Å²) in [6.07, 6.45) is 1.94. The number of hydrogen-bond acceptors (Lipinski definition) is 2. The van der Waals surface area contributed by atoms with Crippen molar-refractivity contribution in [3.05, 3.63) is 29.8 Å². The average Bonchev–Trinajstić information content (AvgIpc) is 2.34. The Balaban J connectivity index is 2.46. The van der Waals surface area contributed by atoms with Crippen LogP contribution in [0, 0.1) is 11.6 Å². The highest BCUT2D eigenvalue weighted by Gasteiger charge is 2.11. The van der Waals surface area contributed by atoms with Gasteiger partial charge < -0.3 is 10.1 Å². The van der Waals surface area contributed by atoms with Crippen LogP contribution in [0.15, 0.2) is 18.2 Å². The lowest BCUT2D eigenvalue weighted by Gasteiger charge is -2.20. The molecule has 0 amide bonds. The molecule has 0 heterocycles. The van der Waals surface area contributed by atoms with E-state index in [4.69, 9.17) is 4.74 Å². The van der Waals surface area contributed by atoms with Crippen molar-refractivity contribution in [1.82, 2.24) is 5.32 Å². The van der Waals surface area contributed by atoms with Gasteiger partial charge in [-0.25, -0.2) is 8.78 Å². The SMILES string of the molecule is CCC(CC)NCC(C)Oc1ccc(F)cc1F. The summed E-state index contributed by atoms with van der Waals surface area (Å²) >= 11 is 0. The predicted molar refractivity (Wildman–Crippen MR) is 68.8 cm³/mol. The van der Waals surface area contributed by atoms with Gasteiger partial charge in [0.05, 0.1) is 0 Å². The third-order valence-corrected chi connectivity index (χ3v) is 2.90. The van der Waals surface area contributed by atoms with Gasteiger partial charge in [-0.1, -0.05) is 13.8 Å². The molecule has 0 aliphatic carbocycles. The summed E-state index contributed by atoms with van der Waals surface area (Å²) in [4.78, 5) is 0. The van der Waals surface area contributed by atoms with Crippen LogP contribution in [0.5, 0.6) is 5.75 Å². The quantitative estimate of drug-likeness (QED) is 0.807. The van der Waals surface area contributed by atoms with E-state index in [9.17, 15) is 8.78 Å². The zero-order valence-electron chi connectivity index (χ0n) is 11.2. The summed E-state index contributed by atoms with van der Waals surface area (Å²) in [5.74, 6) is -1.16. The molecule has 1 rings (SSSR count). The van der Waals surface area contributed by atoms with E-state index in [2.05, 4.69) is 19.2 Å². The summed E-state index contributed by atoms with van der Waals surface area (Å²) < 4.78 is 31.5. The first kappa shape index (κ1) is 14.9. The van der Waals surface area contributed by atoms with Gasteiger partial charge in [0, 0.05) is 18.7 Å². The summed E-state index contributed by atoms with van der Waals surface area (Å²) in [6.45, 7) is 6.74. The Bertz CT molecular complexity index is 367. The minimum Gasteiger partial charge on any atom is -0.486 e. The molecule has 1 aromatic carbocycles. The molecule has 1 atom stereocenters. The van der Waals surface area contributed by atoms with Gasteiger partial charge in [0.25, 0.3) is 0 Å². The van der Waals surface area contributed by atoms with E-state index in [0.717, 1.165) is 18.9 Å². The fourth-order valence-electron chi connectivity index (χ4n) is 1.74. The van der Waals surface area contributed by atoms with E-state index < -0.39 is 11.6 Å². The standard InChI is InChI=1S/C14H21F2NO/c1-4-12(5-2)17-9-10(3)18-14-7-6-11(15)8-13(14)16/h6-8,10,12,17H,4-5,9H2,1-3H3. The molecule has 0 fully saturated rings. The maximum absolute atomic E-state index is 13.4. The summed E-state index contributed by atoms with van der Waals surface area (Å²) in [5, 5.41) is 3.35. The fraction of sp³-hybridized carbons (Fsp3) is 0.571. The molecule has 1 unspecified atom stereocenters. The van der Waals surface area contributed by atoms with Crippen LogP contribution in [0.1, 0.15) is 33.6 Å². The van der Waals surface area contributed by atoms with Crippen molar-refractivity contribution in [3.8, 4) is 5.75 Å². The number of benzene rings is 1. The highest BCUT2D eigenvalue weighted by Crippen LogP contribution is 2.18. The molecule has 0 aliphatic rings. The van der Waals surface area contributed by atoms with Crippen molar-refractivity contribution in [3.63, 3.8) is 0 Å². The van der Waals surface area contributed by atoms with E-state index in [1.807, 2.05) is 6.92 Å². The van der Waals surface area contributed by atoms with Crippen molar-refractivity contribution in [2.75, 3.05) is 6.54 Å². The number of ether oxygens (including phenoxy) is 1. The highest BCUT2D eigenvalue weighted by molar-refractivity contribution is 5.24. The molecule has 1 N–H and O–H groups in total. The molecule has 0 aliphatic heterocycles. The van der Waals surface area contributed by atoms with Gasteiger partial charge in [0.2, 0.25) is 0 Å².